The van der Waals surface area contributed by atoms with Gasteiger partial charge in [0.2, 0.25) is 14.9 Å². The SMILES string of the molecule is CC(C)(C)P12=NP(c3ccccc3)(c3ccccc3)=NP(C(C)(C)C)(=N1)OCCOCCOCCOCCO2. The van der Waals surface area contributed by atoms with Crippen LogP contribution < -0.4 is 10.6 Å². The van der Waals surface area contributed by atoms with Crippen LogP contribution in [-0.2, 0) is 23.3 Å². The Morgan fingerprint density at radius 1 is 0.487 bits per heavy atom. The van der Waals surface area contributed by atoms with E-state index in [1.54, 1.807) is 0 Å². The Kier molecular flexibility index (Phi) is 10.2. The summed E-state index contributed by atoms with van der Waals surface area (Å²) in [7, 11) is -8.45. The fourth-order valence-corrected chi connectivity index (χ4v) is 19.4. The molecule has 216 valence electrons. The van der Waals surface area contributed by atoms with Gasteiger partial charge in [-0.3, -0.25) is 0 Å². The maximum atomic E-state index is 6.88. The molecule has 39 heavy (non-hydrogen) atoms. The molecule has 8 nitrogen and oxygen atoms in total. The van der Waals surface area contributed by atoms with Crippen molar-refractivity contribution in [1.82, 2.24) is 0 Å². The maximum Gasteiger partial charge on any atom is 0.210 e. The van der Waals surface area contributed by atoms with Crippen LogP contribution in [0.2, 0.25) is 0 Å². The molecule has 2 aromatic carbocycles. The van der Waals surface area contributed by atoms with Gasteiger partial charge in [-0.1, -0.05) is 102 Å². The smallest absolute Gasteiger partial charge is 0.210 e. The molecule has 0 spiro atoms. The van der Waals surface area contributed by atoms with Gasteiger partial charge in [-0.25, -0.2) is 9.03 Å². The Labute approximate surface area is 234 Å². The summed E-state index contributed by atoms with van der Waals surface area (Å²) in [5, 5.41) is 1.39. The second-order valence-electron chi connectivity index (χ2n) is 11.5. The molecule has 0 saturated heterocycles. The maximum absolute atomic E-state index is 6.88. The zero-order valence-corrected chi connectivity index (χ0v) is 26.8. The summed E-state index contributed by atoms with van der Waals surface area (Å²) < 4.78 is 48.2. The van der Waals surface area contributed by atoms with Crippen LogP contribution in [0.15, 0.2) is 74.2 Å². The molecule has 2 bridgehead atoms. The summed E-state index contributed by atoms with van der Waals surface area (Å²) in [6, 6.07) is 20.9. The lowest BCUT2D eigenvalue weighted by Crippen LogP contribution is -2.26. The highest BCUT2D eigenvalue weighted by atomic mass is 31.3. The minimum atomic E-state index is -2.86. The highest BCUT2D eigenvalue weighted by Crippen LogP contribution is 2.84. The van der Waals surface area contributed by atoms with Crippen molar-refractivity contribution in [2.24, 2.45) is 13.5 Å². The van der Waals surface area contributed by atoms with Gasteiger partial charge >= 0.3 is 0 Å². The third-order valence-corrected chi connectivity index (χ3v) is 19.0. The standard InChI is InChI=1S/C28H44N3O5P3/c1-27(2,3)38-29-37(25-13-9-7-10-14-25,26-15-11-8-12-16-26)30-39(31-38,28(4,5)6)36-24-22-34-20-18-32-17-19-33-21-23-35-38/h7-16H,17-24H2,1-6H3. The number of hydrogen-bond acceptors (Lipinski definition) is 8. The van der Waals surface area contributed by atoms with Crippen molar-refractivity contribution in [1.29, 1.82) is 0 Å². The fraction of sp³-hybridized carbons (Fsp3) is 0.571. The topological polar surface area (TPSA) is 83.2 Å². The molecule has 2 atom stereocenters. The molecule has 0 fully saturated rings. The van der Waals surface area contributed by atoms with E-state index in [1.807, 2.05) is 12.1 Å². The van der Waals surface area contributed by atoms with E-state index in [0.29, 0.717) is 52.9 Å². The normalized spacial score (nSPS) is 27.4. The summed E-state index contributed by atoms with van der Waals surface area (Å²) in [6.07, 6.45) is 0. The Bertz CT molecular complexity index is 1180. The van der Waals surface area contributed by atoms with Crippen LogP contribution in [0.3, 0.4) is 0 Å². The molecule has 4 rings (SSSR count). The molecule has 0 aliphatic carbocycles. The zero-order valence-electron chi connectivity index (χ0n) is 24.2. The minimum absolute atomic E-state index is 0.384. The number of benzene rings is 2. The van der Waals surface area contributed by atoms with E-state index in [1.165, 1.54) is 0 Å². The quantitative estimate of drug-likeness (QED) is 0.336. The molecule has 2 unspecified atom stereocenters. The van der Waals surface area contributed by atoms with Crippen LogP contribution in [0.1, 0.15) is 41.5 Å². The highest BCUT2D eigenvalue weighted by molar-refractivity contribution is 7.91. The van der Waals surface area contributed by atoms with Crippen molar-refractivity contribution >= 4 is 32.7 Å². The third kappa shape index (κ3) is 6.88. The molecule has 0 aromatic heterocycles. The van der Waals surface area contributed by atoms with Gasteiger partial charge in [-0.2, -0.15) is 4.52 Å². The lowest BCUT2D eigenvalue weighted by atomic mass is 10.3. The Morgan fingerprint density at radius 2 is 0.846 bits per heavy atom. The first kappa shape index (κ1) is 30.9. The van der Waals surface area contributed by atoms with E-state index in [2.05, 4.69) is 90.1 Å². The van der Waals surface area contributed by atoms with Crippen LogP contribution in [0, 0.1) is 0 Å². The Morgan fingerprint density at radius 3 is 1.23 bits per heavy atom. The first-order valence-corrected chi connectivity index (χ1v) is 18.5. The van der Waals surface area contributed by atoms with Crippen molar-refractivity contribution in [3.8, 4) is 0 Å². The molecule has 0 saturated carbocycles. The van der Waals surface area contributed by atoms with E-state index in [9.17, 15) is 0 Å². The van der Waals surface area contributed by atoms with Gasteiger partial charge in [0.25, 0.3) is 0 Å². The van der Waals surface area contributed by atoms with E-state index >= 15 is 0 Å². The predicted molar refractivity (Wildman–Crippen MR) is 164 cm³/mol. The van der Waals surface area contributed by atoms with Crippen LogP contribution in [0.5, 0.6) is 0 Å². The zero-order chi connectivity index (χ0) is 28.0. The molecule has 11 heteroatoms. The Hall–Kier alpha value is -1.07. The van der Waals surface area contributed by atoms with Gasteiger partial charge in [0.15, 0.2) is 0 Å². The number of fused-ring (bicyclic) bond motifs is 1. The second kappa shape index (κ2) is 12.8. The lowest BCUT2D eigenvalue weighted by molar-refractivity contribution is 0.00524. The molecule has 0 amide bonds. The molecule has 2 aliphatic heterocycles. The predicted octanol–water partition coefficient (Wildman–Crippen LogP) is 7.52. The van der Waals surface area contributed by atoms with Crippen LogP contribution in [0.4, 0.5) is 0 Å². The summed E-state index contributed by atoms with van der Waals surface area (Å²) >= 11 is 0. The van der Waals surface area contributed by atoms with Gasteiger partial charge in [0.05, 0.1) is 52.9 Å². The molecule has 0 radical (unpaired) electrons. The van der Waals surface area contributed by atoms with Gasteiger partial charge in [-0.15, -0.1) is 0 Å². The van der Waals surface area contributed by atoms with Crippen molar-refractivity contribution in [2.75, 3.05) is 52.9 Å². The number of nitrogens with zero attached hydrogens (tertiary/aromatic N) is 3. The minimum Gasteiger partial charge on any atom is -0.377 e. The van der Waals surface area contributed by atoms with Crippen LogP contribution >= 0.6 is 22.1 Å². The highest BCUT2D eigenvalue weighted by Gasteiger charge is 2.49. The Balaban J connectivity index is 2.07. The van der Waals surface area contributed by atoms with Gasteiger partial charge in [-0.05, 0) is 0 Å². The molecule has 2 heterocycles. The fourth-order valence-electron chi connectivity index (χ4n) is 4.21. The van der Waals surface area contributed by atoms with Gasteiger partial charge < -0.3 is 23.3 Å². The van der Waals surface area contributed by atoms with E-state index in [0.717, 1.165) is 10.6 Å². The van der Waals surface area contributed by atoms with E-state index < -0.39 is 22.1 Å². The summed E-state index contributed by atoms with van der Waals surface area (Å²) in [4.78, 5) is 0. The largest absolute Gasteiger partial charge is 0.377 e. The van der Waals surface area contributed by atoms with E-state index in [-0.39, 0.29) is 10.3 Å². The molecule has 2 aromatic rings. The first-order valence-electron chi connectivity index (χ1n) is 13.6. The molecular weight excluding hydrogens is 551 g/mol. The summed E-state index contributed by atoms with van der Waals surface area (Å²) in [5.41, 5.74) is 0. The van der Waals surface area contributed by atoms with Crippen molar-refractivity contribution < 1.29 is 23.3 Å². The van der Waals surface area contributed by atoms with Gasteiger partial charge in [0.1, 0.15) is 7.21 Å². The monoisotopic (exact) mass is 595 g/mol. The average molecular weight is 596 g/mol. The molecule has 2 aliphatic rings. The second-order valence-corrected chi connectivity index (χ2v) is 21.2. The lowest BCUT2D eigenvalue weighted by Gasteiger charge is -2.44. The number of ether oxygens (including phenoxy) is 3. The first-order chi connectivity index (χ1) is 18.5. The molecule has 0 N–H and O–H groups in total. The van der Waals surface area contributed by atoms with Crippen LogP contribution in [-0.4, -0.2) is 63.2 Å². The summed E-state index contributed by atoms with van der Waals surface area (Å²) in [5.74, 6) is 0. The van der Waals surface area contributed by atoms with E-state index in [4.69, 9.17) is 36.8 Å². The third-order valence-electron chi connectivity index (χ3n) is 6.47. The average Bonchev–Trinajstić information content (AvgIpc) is 2.90. The van der Waals surface area contributed by atoms with Crippen molar-refractivity contribution in [3.63, 3.8) is 0 Å². The van der Waals surface area contributed by atoms with Crippen LogP contribution in [0.25, 0.3) is 0 Å². The summed E-state index contributed by atoms with van der Waals surface area (Å²) in [6.45, 7) is 16.7. The van der Waals surface area contributed by atoms with Crippen molar-refractivity contribution in [3.05, 3.63) is 60.7 Å². The van der Waals surface area contributed by atoms with Crippen molar-refractivity contribution in [2.45, 2.75) is 51.9 Å². The molecular formula is C28H44N3O5P3. The number of rotatable bonds is 2. The van der Waals surface area contributed by atoms with Gasteiger partial charge in [0, 0.05) is 20.9 Å². The number of hydrogen-bond donors (Lipinski definition) is 0.